The van der Waals surface area contributed by atoms with E-state index in [4.69, 9.17) is 4.74 Å². The summed E-state index contributed by atoms with van der Waals surface area (Å²) in [4.78, 5) is 4.22. The van der Waals surface area contributed by atoms with E-state index >= 15 is 0 Å². The van der Waals surface area contributed by atoms with Gasteiger partial charge < -0.3 is 15.4 Å². The van der Waals surface area contributed by atoms with Gasteiger partial charge in [-0.3, -0.25) is 4.99 Å². The quantitative estimate of drug-likeness (QED) is 0.606. The smallest absolute Gasteiger partial charge is 0.190 e. The molecule has 2 N–H and O–H groups in total. The summed E-state index contributed by atoms with van der Waals surface area (Å²) in [5, 5.41) is 6.69. The number of nitrogens with one attached hydrogen (secondary N) is 2. The van der Waals surface area contributed by atoms with Gasteiger partial charge in [0.1, 0.15) is 5.75 Å². The maximum Gasteiger partial charge on any atom is 0.190 e. The number of hydrogen-bond donors (Lipinski definition) is 2. The highest BCUT2D eigenvalue weighted by Crippen LogP contribution is 2.27. The maximum absolute atomic E-state index is 5.14. The molecule has 1 aromatic rings. The Labute approximate surface area is 115 Å². The Morgan fingerprint density at radius 3 is 2.58 bits per heavy atom. The van der Waals surface area contributed by atoms with Crippen molar-refractivity contribution in [1.82, 2.24) is 10.6 Å². The predicted molar refractivity (Wildman–Crippen MR) is 78.8 cm³/mol. The van der Waals surface area contributed by atoms with Gasteiger partial charge in [-0.15, -0.1) is 0 Å². The minimum absolute atomic E-state index is 0.861. The van der Waals surface area contributed by atoms with Crippen LogP contribution in [-0.2, 0) is 6.42 Å². The highest BCUT2D eigenvalue weighted by molar-refractivity contribution is 5.79. The largest absolute Gasteiger partial charge is 0.497 e. The van der Waals surface area contributed by atoms with E-state index < -0.39 is 0 Å². The maximum atomic E-state index is 5.14. The van der Waals surface area contributed by atoms with Crippen LogP contribution in [0.1, 0.15) is 18.4 Å². The van der Waals surface area contributed by atoms with E-state index in [9.17, 15) is 0 Å². The van der Waals surface area contributed by atoms with Crippen LogP contribution in [0.5, 0.6) is 5.75 Å². The first-order chi connectivity index (χ1) is 9.31. The van der Waals surface area contributed by atoms with Gasteiger partial charge in [0.2, 0.25) is 0 Å². The van der Waals surface area contributed by atoms with E-state index in [1.807, 2.05) is 19.2 Å². The summed E-state index contributed by atoms with van der Waals surface area (Å²) in [5.41, 5.74) is 1.30. The highest BCUT2D eigenvalue weighted by atomic mass is 16.5. The Kier molecular flexibility index (Phi) is 5.07. The summed E-state index contributed by atoms with van der Waals surface area (Å²) < 4.78 is 5.14. The second-order valence-corrected chi connectivity index (χ2v) is 4.92. The molecule has 1 aliphatic rings. The van der Waals surface area contributed by atoms with Crippen LogP contribution in [0.15, 0.2) is 29.3 Å². The molecule has 0 heterocycles. The number of hydrogen-bond acceptors (Lipinski definition) is 2. The molecule has 0 saturated heterocycles. The molecule has 1 aromatic carbocycles. The van der Waals surface area contributed by atoms with E-state index in [-0.39, 0.29) is 0 Å². The Bertz CT molecular complexity index is 410. The zero-order valence-electron chi connectivity index (χ0n) is 11.8. The third-order valence-corrected chi connectivity index (χ3v) is 3.34. The molecule has 1 fully saturated rings. The normalized spacial score (nSPS) is 15.2. The number of nitrogens with zero attached hydrogens (tertiary/aromatic N) is 1. The lowest BCUT2D eigenvalue weighted by molar-refractivity contribution is 0.414. The van der Waals surface area contributed by atoms with Gasteiger partial charge >= 0.3 is 0 Å². The molecule has 104 valence electrons. The predicted octanol–water partition coefficient (Wildman–Crippen LogP) is 1.81. The van der Waals surface area contributed by atoms with E-state index in [0.29, 0.717) is 0 Å². The van der Waals surface area contributed by atoms with Crippen molar-refractivity contribution in [3.05, 3.63) is 29.8 Å². The molecule has 4 heteroatoms. The van der Waals surface area contributed by atoms with Crippen molar-refractivity contribution in [2.45, 2.75) is 19.3 Å². The molecule has 1 aliphatic carbocycles. The second kappa shape index (κ2) is 7.02. The molecule has 0 unspecified atom stereocenters. The van der Waals surface area contributed by atoms with Crippen LogP contribution < -0.4 is 15.4 Å². The van der Waals surface area contributed by atoms with Gasteiger partial charge in [0.05, 0.1) is 7.11 Å². The number of methoxy groups -OCH3 is 1. The number of rotatable bonds is 6. The Balaban J connectivity index is 1.68. The molecule has 4 nitrogen and oxygen atoms in total. The molecule has 0 atom stereocenters. The number of ether oxygens (including phenoxy) is 1. The van der Waals surface area contributed by atoms with Crippen molar-refractivity contribution in [2.24, 2.45) is 10.9 Å². The lowest BCUT2D eigenvalue weighted by Gasteiger charge is -2.11. The summed E-state index contributed by atoms with van der Waals surface area (Å²) >= 11 is 0. The average molecular weight is 261 g/mol. The summed E-state index contributed by atoms with van der Waals surface area (Å²) in [7, 11) is 3.50. The Morgan fingerprint density at radius 1 is 1.26 bits per heavy atom. The summed E-state index contributed by atoms with van der Waals surface area (Å²) in [6.45, 7) is 1.93. The van der Waals surface area contributed by atoms with Gasteiger partial charge in [-0.1, -0.05) is 12.1 Å². The van der Waals surface area contributed by atoms with Crippen molar-refractivity contribution in [2.75, 3.05) is 27.2 Å². The van der Waals surface area contributed by atoms with Crippen LogP contribution in [0.2, 0.25) is 0 Å². The topological polar surface area (TPSA) is 45.7 Å². The Hall–Kier alpha value is -1.71. The number of guanidine groups is 1. The first-order valence-corrected chi connectivity index (χ1v) is 6.89. The van der Waals surface area contributed by atoms with Gasteiger partial charge in [-0.05, 0) is 42.9 Å². The third kappa shape index (κ3) is 4.81. The minimum Gasteiger partial charge on any atom is -0.497 e. The van der Waals surface area contributed by atoms with Crippen LogP contribution in [0.3, 0.4) is 0 Å². The van der Waals surface area contributed by atoms with E-state index in [2.05, 4.69) is 27.8 Å². The molecule has 0 bridgehead atoms. The molecule has 0 spiro atoms. The first kappa shape index (κ1) is 13.7. The summed E-state index contributed by atoms with van der Waals surface area (Å²) in [5.74, 6) is 2.67. The fourth-order valence-corrected chi connectivity index (χ4v) is 1.90. The fourth-order valence-electron chi connectivity index (χ4n) is 1.90. The molecule has 1 saturated carbocycles. The van der Waals surface area contributed by atoms with Crippen molar-refractivity contribution in [3.8, 4) is 5.75 Å². The second-order valence-electron chi connectivity index (χ2n) is 4.92. The first-order valence-electron chi connectivity index (χ1n) is 6.89. The average Bonchev–Trinajstić information content (AvgIpc) is 3.27. The number of aliphatic imine (C=N–C) groups is 1. The van der Waals surface area contributed by atoms with Gasteiger partial charge in [0.15, 0.2) is 5.96 Å². The van der Waals surface area contributed by atoms with Gasteiger partial charge in [0.25, 0.3) is 0 Å². The van der Waals surface area contributed by atoms with Crippen molar-refractivity contribution in [1.29, 1.82) is 0 Å². The molecule has 19 heavy (non-hydrogen) atoms. The highest BCUT2D eigenvalue weighted by Gasteiger charge is 2.20. The molecular weight excluding hydrogens is 238 g/mol. The molecule has 0 aliphatic heterocycles. The van der Waals surface area contributed by atoms with E-state index in [1.165, 1.54) is 18.4 Å². The SMILES string of the molecule is CN=C(NCCc1ccc(OC)cc1)NCC1CC1. The summed E-state index contributed by atoms with van der Waals surface area (Å²) in [6, 6.07) is 8.19. The summed E-state index contributed by atoms with van der Waals surface area (Å²) in [6.07, 6.45) is 3.69. The van der Waals surface area contributed by atoms with Crippen molar-refractivity contribution in [3.63, 3.8) is 0 Å². The standard InChI is InChI=1S/C15H23N3O/c1-16-15(18-11-13-3-4-13)17-10-9-12-5-7-14(19-2)8-6-12/h5-8,13H,3-4,9-11H2,1-2H3,(H2,16,17,18). The van der Waals surface area contributed by atoms with Crippen LogP contribution in [0.25, 0.3) is 0 Å². The van der Waals surface area contributed by atoms with Crippen molar-refractivity contribution >= 4 is 5.96 Å². The van der Waals surface area contributed by atoms with Crippen molar-refractivity contribution < 1.29 is 4.74 Å². The van der Waals surface area contributed by atoms with Crippen LogP contribution >= 0.6 is 0 Å². The van der Waals surface area contributed by atoms with Crippen LogP contribution in [-0.4, -0.2) is 33.2 Å². The van der Waals surface area contributed by atoms with E-state index in [1.54, 1.807) is 7.11 Å². The zero-order valence-corrected chi connectivity index (χ0v) is 11.8. The molecular formula is C15H23N3O. The van der Waals surface area contributed by atoms with Gasteiger partial charge in [-0.25, -0.2) is 0 Å². The zero-order chi connectivity index (χ0) is 13.5. The molecule has 0 amide bonds. The molecule has 0 aromatic heterocycles. The molecule has 2 rings (SSSR count). The van der Waals surface area contributed by atoms with Gasteiger partial charge in [0, 0.05) is 20.1 Å². The molecule has 0 radical (unpaired) electrons. The third-order valence-electron chi connectivity index (χ3n) is 3.34. The minimum atomic E-state index is 0.861. The van der Waals surface area contributed by atoms with E-state index in [0.717, 1.165) is 37.1 Å². The fraction of sp³-hybridized carbons (Fsp3) is 0.533. The van der Waals surface area contributed by atoms with Crippen LogP contribution in [0, 0.1) is 5.92 Å². The van der Waals surface area contributed by atoms with Gasteiger partial charge in [-0.2, -0.15) is 0 Å². The Morgan fingerprint density at radius 2 is 2.00 bits per heavy atom. The van der Waals surface area contributed by atoms with Crippen LogP contribution in [0.4, 0.5) is 0 Å². The lowest BCUT2D eigenvalue weighted by atomic mass is 10.1. The lowest BCUT2D eigenvalue weighted by Crippen LogP contribution is -2.39. The number of benzene rings is 1. The monoisotopic (exact) mass is 261 g/mol.